The van der Waals surface area contributed by atoms with E-state index in [0.717, 1.165) is 74.7 Å². The monoisotopic (exact) mass is 483 g/mol. The Kier molecular flexibility index (Phi) is 7.08. The molecule has 2 aromatic heterocycles. The van der Waals surface area contributed by atoms with E-state index in [1.54, 1.807) is 24.5 Å². The number of hydrogen-bond donors (Lipinski definition) is 1. The highest BCUT2D eigenvalue weighted by molar-refractivity contribution is 5.92. The largest absolute Gasteiger partial charge is 0.490 e. The number of rotatable bonds is 6. The maximum absolute atomic E-state index is 12.8. The number of piperidine rings is 1. The molecular formula is C28H29N5O3. The second-order valence-electron chi connectivity index (χ2n) is 9.55. The number of carbonyl (C=O) groups excluding carboxylic acids is 2. The molecule has 3 aromatic rings. The van der Waals surface area contributed by atoms with Crippen LogP contribution < -0.4 is 15.0 Å². The molecule has 1 aromatic carbocycles. The fourth-order valence-corrected chi connectivity index (χ4v) is 5.10. The van der Waals surface area contributed by atoms with Gasteiger partial charge in [-0.2, -0.15) is 5.26 Å². The topological polar surface area (TPSA) is 108 Å². The van der Waals surface area contributed by atoms with Crippen LogP contribution >= 0.6 is 0 Å². The van der Waals surface area contributed by atoms with Crippen LogP contribution in [0.2, 0.25) is 0 Å². The first-order valence-corrected chi connectivity index (χ1v) is 12.6. The van der Waals surface area contributed by atoms with Crippen LogP contribution in [-0.2, 0) is 4.79 Å². The first-order valence-electron chi connectivity index (χ1n) is 12.6. The number of anilines is 1. The Morgan fingerprint density at radius 2 is 1.86 bits per heavy atom. The Morgan fingerprint density at radius 1 is 1.06 bits per heavy atom. The van der Waals surface area contributed by atoms with Crippen LogP contribution in [0.1, 0.15) is 54.6 Å². The number of ether oxygens (including phenoxy) is 1. The number of nitrogens with zero attached hydrogens (tertiary/aromatic N) is 4. The van der Waals surface area contributed by atoms with E-state index in [1.807, 2.05) is 24.3 Å². The molecule has 8 heteroatoms. The number of nitrogens with one attached hydrogen (secondary N) is 1. The molecule has 36 heavy (non-hydrogen) atoms. The standard InChI is InChI=1S/C28H29N5O3/c29-16-20-3-10-26(24-2-1-13-30-27(20)24)36-23-7-4-21(5-8-23)32-28(35)25-9-6-22(17-31-25)33-14-11-19(18-34)12-15-33/h1-3,6,9-10,13,17-19,21,23H,4-5,7-8,11-12,14-15H2,(H,32,35). The molecule has 0 unspecified atom stereocenters. The van der Waals surface area contributed by atoms with E-state index in [-0.39, 0.29) is 24.0 Å². The molecule has 2 fully saturated rings. The van der Waals surface area contributed by atoms with Gasteiger partial charge in [0.2, 0.25) is 0 Å². The summed E-state index contributed by atoms with van der Waals surface area (Å²) in [4.78, 5) is 34.7. The Bertz CT molecular complexity index is 1270. The summed E-state index contributed by atoms with van der Waals surface area (Å²) in [6.45, 7) is 1.66. The van der Waals surface area contributed by atoms with Crippen molar-refractivity contribution in [2.45, 2.75) is 50.7 Å². The number of nitriles is 1. The van der Waals surface area contributed by atoms with Gasteiger partial charge in [-0.3, -0.25) is 9.78 Å². The van der Waals surface area contributed by atoms with Gasteiger partial charge in [-0.15, -0.1) is 0 Å². The molecule has 1 N–H and O–H groups in total. The van der Waals surface area contributed by atoms with Gasteiger partial charge in [0.05, 0.1) is 29.1 Å². The van der Waals surface area contributed by atoms with Gasteiger partial charge in [0.25, 0.3) is 5.91 Å². The van der Waals surface area contributed by atoms with Gasteiger partial charge in [-0.25, -0.2) is 4.98 Å². The Morgan fingerprint density at radius 3 is 2.56 bits per heavy atom. The summed E-state index contributed by atoms with van der Waals surface area (Å²) in [7, 11) is 0. The molecule has 1 saturated carbocycles. The summed E-state index contributed by atoms with van der Waals surface area (Å²) in [5.74, 6) is 0.735. The number of pyridine rings is 2. The normalized spacial score (nSPS) is 20.5. The van der Waals surface area contributed by atoms with Crippen molar-refractivity contribution in [3.05, 3.63) is 60.0 Å². The van der Waals surface area contributed by atoms with E-state index in [9.17, 15) is 14.9 Å². The van der Waals surface area contributed by atoms with Gasteiger partial charge < -0.3 is 19.7 Å². The third kappa shape index (κ3) is 5.15. The Labute approximate surface area is 210 Å². The van der Waals surface area contributed by atoms with Gasteiger partial charge in [-0.1, -0.05) is 0 Å². The molecule has 0 bridgehead atoms. The third-order valence-corrected chi connectivity index (χ3v) is 7.23. The summed E-state index contributed by atoms with van der Waals surface area (Å²) in [6.07, 6.45) is 9.56. The van der Waals surface area contributed by atoms with E-state index in [4.69, 9.17) is 4.74 Å². The van der Waals surface area contributed by atoms with Crippen molar-refractivity contribution in [2.75, 3.05) is 18.0 Å². The van der Waals surface area contributed by atoms with Crippen molar-refractivity contribution in [1.82, 2.24) is 15.3 Å². The second kappa shape index (κ2) is 10.7. The fourth-order valence-electron chi connectivity index (χ4n) is 5.10. The number of fused-ring (bicyclic) bond motifs is 1. The van der Waals surface area contributed by atoms with Gasteiger partial charge >= 0.3 is 0 Å². The van der Waals surface area contributed by atoms with E-state index in [2.05, 4.69) is 26.3 Å². The van der Waals surface area contributed by atoms with Crippen molar-refractivity contribution < 1.29 is 14.3 Å². The number of hydrogen-bond acceptors (Lipinski definition) is 7. The molecule has 0 atom stereocenters. The summed E-state index contributed by atoms with van der Waals surface area (Å²) in [5.41, 5.74) is 2.59. The van der Waals surface area contributed by atoms with Crippen molar-refractivity contribution in [2.24, 2.45) is 5.92 Å². The quantitative estimate of drug-likeness (QED) is 0.527. The lowest BCUT2D eigenvalue weighted by Crippen LogP contribution is -2.40. The average molecular weight is 484 g/mol. The summed E-state index contributed by atoms with van der Waals surface area (Å²) in [6, 6.07) is 13.3. The van der Waals surface area contributed by atoms with Crippen molar-refractivity contribution >= 4 is 28.8 Å². The van der Waals surface area contributed by atoms with Crippen molar-refractivity contribution in [3.63, 3.8) is 0 Å². The zero-order valence-electron chi connectivity index (χ0n) is 20.1. The lowest BCUT2D eigenvalue weighted by molar-refractivity contribution is -0.111. The van der Waals surface area contributed by atoms with Crippen molar-refractivity contribution in [1.29, 1.82) is 5.26 Å². The number of carbonyl (C=O) groups is 2. The highest BCUT2D eigenvalue weighted by Crippen LogP contribution is 2.31. The maximum atomic E-state index is 12.8. The van der Waals surface area contributed by atoms with E-state index in [1.165, 1.54) is 0 Å². The Balaban J connectivity index is 1.13. The van der Waals surface area contributed by atoms with Crippen LogP contribution in [0.3, 0.4) is 0 Å². The number of aldehydes is 1. The van der Waals surface area contributed by atoms with Crippen molar-refractivity contribution in [3.8, 4) is 11.8 Å². The highest BCUT2D eigenvalue weighted by Gasteiger charge is 2.25. The van der Waals surface area contributed by atoms with Crippen LogP contribution in [-0.4, -0.2) is 47.4 Å². The molecule has 5 rings (SSSR count). The molecule has 1 amide bonds. The zero-order chi connectivity index (χ0) is 24.9. The predicted octanol–water partition coefficient (Wildman–Crippen LogP) is 4.04. The predicted molar refractivity (Wildman–Crippen MR) is 136 cm³/mol. The lowest BCUT2D eigenvalue weighted by atomic mass is 9.92. The van der Waals surface area contributed by atoms with Gasteiger partial charge in [0.15, 0.2) is 0 Å². The average Bonchev–Trinajstić information content (AvgIpc) is 2.94. The zero-order valence-corrected chi connectivity index (χ0v) is 20.1. The molecule has 1 aliphatic heterocycles. The van der Waals surface area contributed by atoms with E-state index >= 15 is 0 Å². The highest BCUT2D eigenvalue weighted by atomic mass is 16.5. The number of aromatic nitrogens is 2. The summed E-state index contributed by atoms with van der Waals surface area (Å²) < 4.78 is 6.29. The number of benzene rings is 1. The molecule has 1 saturated heterocycles. The second-order valence-corrected chi connectivity index (χ2v) is 9.55. The van der Waals surface area contributed by atoms with E-state index < -0.39 is 0 Å². The van der Waals surface area contributed by atoms with Gasteiger partial charge in [0, 0.05) is 36.6 Å². The van der Waals surface area contributed by atoms with Crippen LogP contribution in [0.15, 0.2) is 48.8 Å². The van der Waals surface area contributed by atoms with Crippen LogP contribution in [0, 0.1) is 17.2 Å². The molecule has 3 heterocycles. The minimum Gasteiger partial charge on any atom is -0.490 e. The lowest BCUT2D eigenvalue weighted by Gasteiger charge is -2.31. The summed E-state index contributed by atoms with van der Waals surface area (Å²) >= 11 is 0. The third-order valence-electron chi connectivity index (χ3n) is 7.23. The number of amides is 1. The fraction of sp³-hybridized carbons (Fsp3) is 0.393. The summed E-state index contributed by atoms with van der Waals surface area (Å²) in [5, 5.41) is 13.3. The maximum Gasteiger partial charge on any atom is 0.270 e. The van der Waals surface area contributed by atoms with E-state index in [0.29, 0.717) is 16.8 Å². The molecule has 2 aliphatic rings. The molecular weight excluding hydrogens is 454 g/mol. The minimum atomic E-state index is -0.158. The molecule has 184 valence electrons. The Hall–Kier alpha value is -3.99. The van der Waals surface area contributed by atoms with Gasteiger partial charge in [0.1, 0.15) is 23.8 Å². The molecule has 8 nitrogen and oxygen atoms in total. The first kappa shape index (κ1) is 23.7. The molecule has 1 aliphatic carbocycles. The van der Waals surface area contributed by atoms with Crippen LogP contribution in [0.25, 0.3) is 10.9 Å². The molecule has 0 spiro atoms. The SMILES string of the molecule is N#Cc1ccc(OC2CCC(NC(=O)c3ccc(N4CCC(C=O)CC4)cn3)CC2)c2cccnc12. The minimum absolute atomic E-state index is 0.0512. The van der Waals surface area contributed by atoms with Crippen LogP contribution in [0.4, 0.5) is 5.69 Å². The van der Waals surface area contributed by atoms with Crippen LogP contribution in [0.5, 0.6) is 5.75 Å². The molecule has 0 radical (unpaired) electrons. The smallest absolute Gasteiger partial charge is 0.270 e. The van der Waals surface area contributed by atoms with Gasteiger partial charge in [-0.05, 0) is 74.9 Å². The first-order chi connectivity index (χ1) is 17.6.